The van der Waals surface area contributed by atoms with Gasteiger partial charge in [-0.25, -0.2) is 15.0 Å². The molecule has 0 bridgehead atoms. The van der Waals surface area contributed by atoms with Gasteiger partial charge >= 0.3 is 0 Å². The monoisotopic (exact) mass is 519 g/mol. The number of nitrogen functional groups attached to an aromatic ring is 1. The lowest BCUT2D eigenvalue weighted by molar-refractivity contribution is -0.319. The summed E-state index contributed by atoms with van der Waals surface area (Å²) >= 11 is 0. The highest BCUT2D eigenvalue weighted by atomic mass is 16.7. The molecule has 0 aliphatic carbocycles. The van der Waals surface area contributed by atoms with Crippen molar-refractivity contribution >= 4 is 17.0 Å². The number of aliphatic hydroxyl groups is 6. The average molecular weight is 520 g/mol. The lowest BCUT2D eigenvalue weighted by Crippen LogP contribution is -2.60. The molecule has 14 heteroatoms. The van der Waals surface area contributed by atoms with E-state index in [2.05, 4.69) is 15.0 Å². The summed E-state index contributed by atoms with van der Waals surface area (Å²) in [4.78, 5) is 12.2. The van der Waals surface area contributed by atoms with Crippen LogP contribution in [0.25, 0.3) is 11.2 Å². The smallest absolute Gasteiger partial charge is 0.187 e. The number of ether oxygens (including phenoxy) is 3. The summed E-state index contributed by atoms with van der Waals surface area (Å²) in [6.45, 7) is -0.629. The van der Waals surface area contributed by atoms with Crippen molar-refractivity contribution in [1.82, 2.24) is 19.5 Å². The summed E-state index contributed by atoms with van der Waals surface area (Å²) < 4.78 is 19.0. The van der Waals surface area contributed by atoms with Crippen LogP contribution in [0.5, 0.6) is 0 Å². The molecule has 0 saturated carbocycles. The van der Waals surface area contributed by atoms with Gasteiger partial charge in [-0.3, -0.25) is 4.57 Å². The maximum atomic E-state index is 11.0. The van der Waals surface area contributed by atoms with Crippen LogP contribution in [-0.4, -0.2) is 112 Å². The standard InChI is InChI=1S/C23H29N5O9/c24-20-13-21(26-8-25-20)28(9-27-13)22-17(33)16(32)19(37-22)11(6-10-4-2-1-3-5-10)35-23-18(34)15(31)14(30)12(7-29)36-23/h1-5,8-9,11-12,14-19,22-23,29-34H,6-7H2,(H2,24,25,26)/t11?,12-,14-,15+,16+,17-,18+,19-,22-,23?/m1/s1. The largest absolute Gasteiger partial charge is 0.394 e. The van der Waals surface area contributed by atoms with Crippen LogP contribution in [-0.2, 0) is 20.6 Å². The van der Waals surface area contributed by atoms with Crippen LogP contribution in [0.4, 0.5) is 5.82 Å². The van der Waals surface area contributed by atoms with Gasteiger partial charge in [0.15, 0.2) is 24.0 Å². The van der Waals surface area contributed by atoms with Gasteiger partial charge in [0, 0.05) is 6.42 Å². The number of aliphatic hydroxyl groups excluding tert-OH is 6. The molecule has 2 unspecified atom stereocenters. The second-order valence-electron chi connectivity index (χ2n) is 9.12. The van der Waals surface area contributed by atoms with E-state index in [0.717, 1.165) is 5.56 Å². The van der Waals surface area contributed by atoms with Gasteiger partial charge in [0.1, 0.15) is 54.6 Å². The number of nitrogens with two attached hydrogens (primary N) is 1. The van der Waals surface area contributed by atoms with E-state index in [1.165, 1.54) is 17.2 Å². The van der Waals surface area contributed by atoms with Gasteiger partial charge in [-0.1, -0.05) is 30.3 Å². The predicted molar refractivity (Wildman–Crippen MR) is 124 cm³/mol. The molecule has 2 aliphatic rings. The molecule has 5 rings (SSSR count). The summed E-state index contributed by atoms with van der Waals surface area (Å²) in [5, 5.41) is 62.3. The third-order valence-corrected chi connectivity index (χ3v) is 6.74. The number of nitrogens with zero attached hydrogens (tertiary/aromatic N) is 4. The van der Waals surface area contributed by atoms with Gasteiger partial charge in [-0.15, -0.1) is 0 Å². The summed E-state index contributed by atoms with van der Waals surface area (Å²) in [5.74, 6) is 0.140. The molecule has 0 amide bonds. The van der Waals surface area contributed by atoms with Gasteiger partial charge < -0.3 is 50.6 Å². The summed E-state index contributed by atoms with van der Waals surface area (Å²) in [7, 11) is 0. The van der Waals surface area contributed by atoms with E-state index in [1.54, 1.807) is 0 Å². The minimum atomic E-state index is -1.66. The molecule has 1 aromatic carbocycles. The van der Waals surface area contributed by atoms with Crippen LogP contribution in [0.3, 0.4) is 0 Å². The van der Waals surface area contributed by atoms with Crippen molar-refractivity contribution < 1.29 is 44.8 Å². The third-order valence-electron chi connectivity index (χ3n) is 6.74. The molecule has 2 aromatic heterocycles. The van der Waals surface area contributed by atoms with Crippen LogP contribution >= 0.6 is 0 Å². The number of hydrogen-bond acceptors (Lipinski definition) is 13. The highest BCUT2D eigenvalue weighted by molar-refractivity contribution is 5.81. The second kappa shape index (κ2) is 10.5. The van der Waals surface area contributed by atoms with E-state index in [4.69, 9.17) is 19.9 Å². The van der Waals surface area contributed by atoms with Crippen LogP contribution in [0.2, 0.25) is 0 Å². The van der Waals surface area contributed by atoms with Crippen molar-refractivity contribution in [2.24, 2.45) is 0 Å². The Hall–Kier alpha value is -2.79. The Morgan fingerprint density at radius 1 is 0.919 bits per heavy atom. The molecular weight excluding hydrogens is 490 g/mol. The molecule has 37 heavy (non-hydrogen) atoms. The Labute approximate surface area is 210 Å². The fraction of sp³-hybridized carbons (Fsp3) is 0.522. The molecule has 2 saturated heterocycles. The van der Waals surface area contributed by atoms with Crippen LogP contribution in [0.15, 0.2) is 43.0 Å². The molecule has 10 atom stereocenters. The Morgan fingerprint density at radius 3 is 2.41 bits per heavy atom. The Morgan fingerprint density at radius 2 is 1.68 bits per heavy atom. The number of fused-ring (bicyclic) bond motifs is 1. The van der Waals surface area contributed by atoms with E-state index in [9.17, 15) is 30.6 Å². The van der Waals surface area contributed by atoms with Crippen molar-refractivity contribution in [3.63, 3.8) is 0 Å². The maximum absolute atomic E-state index is 11.0. The first-order chi connectivity index (χ1) is 17.8. The number of benzene rings is 1. The number of rotatable bonds is 7. The van der Waals surface area contributed by atoms with E-state index in [0.29, 0.717) is 11.2 Å². The van der Waals surface area contributed by atoms with Gasteiger partial charge in [0.05, 0.1) is 19.0 Å². The van der Waals surface area contributed by atoms with Gasteiger partial charge in [0.2, 0.25) is 0 Å². The van der Waals surface area contributed by atoms with Gasteiger partial charge in [0.25, 0.3) is 0 Å². The first-order valence-electron chi connectivity index (χ1n) is 11.7. The fourth-order valence-corrected chi connectivity index (χ4v) is 4.72. The summed E-state index contributed by atoms with van der Waals surface area (Å²) in [6.07, 6.45) is -10.9. The molecule has 200 valence electrons. The van der Waals surface area contributed by atoms with Gasteiger partial charge in [-0.2, -0.15) is 0 Å². The minimum absolute atomic E-state index is 0.140. The van der Waals surface area contributed by atoms with Crippen LogP contribution in [0.1, 0.15) is 11.8 Å². The Kier molecular flexibility index (Phi) is 7.35. The highest BCUT2D eigenvalue weighted by Gasteiger charge is 2.51. The summed E-state index contributed by atoms with van der Waals surface area (Å²) in [5.41, 5.74) is 7.24. The molecule has 4 heterocycles. The first kappa shape index (κ1) is 25.8. The van der Waals surface area contributed by atoms with Gasteiger partial charge in [-0.05, 0) is 5.56 Å². The zero-order valence-corrected chi connectivity index (χ0v) is 19.5. The number of imidazole rings is 1. The SMILES string of the molecule is Nc1ncnc2c1ncn2[C@@H]1O[C@H](C(Cc2ccccc2)OC2O[C@H](CO)[C@@H](O)[C@H](O)[C@@H]2O)[C@@H](O)[C@H]1O. The third kappa shape index (κ3) is 4.79. The predicted octanol–water partition coefficient (Wildman–Crippen LogP) is -2.54. The minimum Gasteiger partial charge on any atom is -0.394 e. The van der Waals surface area contributed by atoms with E-state index in [1.807, 2.05) is 30.3 Å². The van der Waals surface area contributed by atoms with E-state index in [-0.39, 0.29) is 12.2 Å². The average Bonchev–Trinajstić information content (AvgIpc) is 3.46. The molecular formula is C23H29N5O9. The first-order valence-corrected chi connectivity index (χ1v) is 11.7. The number of hydrogen-bond donors (Lipinski definition) is 7. The fourth-order valence-electron chi connectivity index (χ4n) is 4.72. The quantitative estimate of drug-likeness (QED) is 0.171. The van der Waals surface area contributed by atoms with Crippen LogP contribution < -0.4 is 5.73 Å². The Balaban J connectivity index is 1.44. The van der Waals surface area contributed by atoms with Crippen molar-refractivity contribution in [2.75, 3.05) is 12.3 Å². The molecule has 14 nitrogen and oxygen atoms in total. The topological polar surface area (TPSA) is 219 Å². The molecule has 3 aromatic rings. The highest BCUT2D eigenvalue weighted by Crippen LogP contribution is 2.36. The molecule has 2 fully saturated rings. The summed E-state index contributed by atoms with van der Waals surface area (Å²) in [6, 6.07) is 9.09. The van der Waals surface area contributed by atoms with Crippen molar-refractivity contribution in [2.45, 2.75) is 67.8 Å². The lowest BCUT2D eigenvalue weighted by atomic mass is 9.97. The number of aromatic nitrogens is 4. The van der Waals surface area contributed by atoms with E-state index >= 15 is 0 Å². The zero-order valence-electron chi connectivity index (χ0n) is 19.5. The zero-order chi connectivity index (χ0) is 26.3. The van der Waals surface area contributed by atoms with Crippen LogP contribution in [0, 0.1) is 0 Å². The molecule has 8 N–H and O–H groups in total. The Bertz CT molecular complexity index is 1200. The molecule has 2 aliphatic heterocycles. The lowest BCUT2D eigenvalue weighted by Gasteiger charge is -2.41. The van der Waals surface area contributed by atoms with E-state index < -0.39 is 68.0 Å². The maximum Gasteiger partial charge on any atom is 0.187 e. The van der Waals surface area contributed by atoms with Crippen molar-refractivity contribution in [3.05, 3.63) is 48.5 Å². The van der Waals surface area contributed by atoms with Crippen molar-refractivity contribution in [1.29, 1.82) is 0 Å². The second-order valence-corrected chi connectivity index (χ2v) is 9.12. The molecule has 0 radical (unpaired) electrons. The number of anilines is 1. The molecule has 0 spiro atoms. The van der Waals surface area contributed by atoms with Crippen molar-refractivity contribution in [3.8, 4) is 0 Å². The normalized spacial score (nSPS) is 35.1.